The Bertz CT molecular complexity index is 2630. The van der Waals surface area contributed by atoms with Crippen LogP contribution in [0.25, 0.3) is 53.6 Å². The molecule has 2 heterocycles. The van der Waals surface area contributed by atoms with Gasteiger partial charge in [-0.2, -0.15) is 0 Å². The molecule has 2 nitrogen and oxygen atoms in total. The van der Waals surface area contributed by atoms with Crippen LogP contribution in [0.2, 0.25) is 0 Å². The molecule has 6 aromatic rings. The van der Waals surface area contributed by atoms with E-state index in [0.717, 1.165) is 31.2 Å². The molecule has 0 saturated carbocycles. The molecule has 0 fully saturated rings. The fourth-order valence-corrected chi connectivity index (χ4v) is 10.6. The number of aldehydes is 1. The summed E-state index contributed by atoms with van der Waals surface area (Å²) in [7, 11) is 2.21. The lowest BCUT2D eigenvalue weighted by Gasteiger charge is -2.29. The lowest BCUT2D eigenvalue weighted by atomic mass is 9.92. The highest BCUT2D eigenvalue weighted by molar-refractivity contribution is 7.19. The van der Waals surface area contributed by atoms with Crippen LogP contribution >= 0.6 is 22.7 Å². The molecule has 0 bridgehead atoms. The molecule has 2 aliphatic rings. The highest BCUT2D eigenvalue weighted by Crippen LogP contribution is 2.50. The molecule has 8 rings (SSSR count). The first-order valence-electron chi connectivity index (χ1n) is 19.6. The number of carbonyl (C=O) groups excluding carboxylic acids is 1. The molecule has 0 saturated heterocycles. The van der Waals surface area contributed by atoms with E-state index in [2.05, 4.69) is 154 Å². The Labute approximate surface area is 339 Å². The Balaban J connectivity index is 1.11. The summed E-state index contributed by atoms with van der Waals surface area (Å²) in [5.74, 6) is 0. The second-order valence-corrected chi connectivity index (χ2v) is 17.2. The van der Waals surface area contributed by atoms with Crippen molar-refractivity contribution in [2.24, 2.45) is 0 Å². The number of rotatable bonds is 9. The normalized spacial score (nSPS) is 19.0. The molecule has 278 valence electrons. The number of hydrogen-bond donors (Lipinski definition) is 0. The largest absolute Gasteiger partial charge is 0.298 e. The van der Waals surface area contributed by atoms with Gasteiger partial charge in [0.25, 0.3) is 0 Å². The molecule has 0 aliphatic heterocycles. The van der Waals surface area contributed by atoms with Crippen LogP contribution in [0.3, 0.4) is 0 Å². The van der Waals surface area contributed by atoms with Gasteiger partial charge in [-0.1, -0.05) is 147 Å². The van der Waals surface area contributed by atoms with Gasteiger partial charge in [0.1, 0.15) is 6.29 Å². The average molecular weight is 766 g/mol. The molecule has 0 N–H and O–H groups in total. The van der Waals surface area contributed by atoms with E-state index in [9.17, 15) is 4.79 Å². The molecule has 56 heavy (non-hydrogen) atoms. The molecule has 4 aromatic carbocycles. The average Bonchev–Trinajstić information content (AvgIpc) is 3.91. The number of hydrogen-bond acceptors (Lipinski definition) is 4. The van der Waals surface area contributed by atoms with E-state index in [-0.39, 0.29) is 6.04 Å². The third-order valence-corrected chi connectivity index (χ3v) is 13.4. The second kappa shape index (κ2) is 16.8. The van der Waals surface area contributed by atoms with Crippen molar-refractivity contribution in [2.45, 2.75) is 46.1 Å². The molecule has 0 radical (unpaired) electrons. The van der Waals surface area contributed by atoms with Crippen molar-refractivity contribution in [3.8, 4) is 22.3 Å². The zero-order valence-electron chi connectivity index (χ0n) is 32.6. The maximum absolute atomic E-state index is 11.2. The molecule has 0 spiro atoms. The Kier molecular flexibility index (Phi) is 11.2. The SMILES string of the molecule is CCN(C)C(C1=C/C=C\C=C/C=C\C=C/C=C\1)c1ccc(-c2ccc3c(C4=C(c5c(C)sc6cc(-c7ccc(C=O)cc7)ccc56)CCC4)c(C)sc3c2)cc1. The summed E-state index contributed by atoms with van der Waals surface area (Å²) in [6.07, 6.45) is 27.5. The number of benzene rings is 4. The molecule has 1 atom stereocenters. The minimum absolute atomic E-state index is 0.136. The molecular weight excluding hydrogens is 719 g/mol. The maximum Gasteiger partial charge on any atom is 0.150 e. The van der Waals surface area contributed by atoms with Crippen molar-refractivity contribution in [3.05, 3.63) is 189 Å². The molecule has 4 heteroatoms. The van der Waals surface area contributed by atoms with Crippen LogP contribution in [0.5, 0.6) is 0 Å². The van der Waals surface area contributed by atoms with Crippen LogP contribution in [-0.4, -0.2) is 24.8 Å². The fraction of sp³-hybridized carbons (Fsp3) is 0.173. The van der Waals surface area contributed by atoms with Crippen LogP contribution < -0.4 is 0 Å². The Morgan fingerprint density at radius 3 is 1.62 bits per heavy atom. The first-order valence-corrected chi connectivity index (χ1v) is 21.3. The number of nitrogens with zero attached hydrogens (tertiary/aromatic N) is 1. The Morgan fingerprint density at radius 1 is 0.625 bits per heavy atom. The van der Waals surface area contributed by atoms with Crippen LogP contribution in [0.1, 0.15) is 69.0 Å². The van der Waals surface area contributed by atoms with Crippen molar-refractivity contribution in [1.29, 1.82) is 0 Å². The van der Waals surface area contributed by atoms with E-state index in [1.54, 1.807) is 0 Å². The van der Waals surface area contributed by atoms with E-state index in [1.807, 2.05) is 53.0 Å². The second-order valence-electron chi connectivity index (χ2n) is 14.7. The van der Waals surface area contributed by atoms with E-state index in [4.69, 9.17) is 0 Å². The summed E-state index contributed by atoms with van der Waals surface area (Å²) in [5.41, 5.74) is 14.0. The number of fused-ring (bicyclic) bond motifs is 2. The van der Waals surface area contributed by atoms with E-state index < -0.39 is 0 Å². The highest BCUT2D eigenvalue weighted by atomic mass is 32.1. The number of carbonyl (C=O) groups is 1. The minimum Gasteiger partial charge on any atom is -0.298 e. The topological polar surface area (TPSA) is 20.3 Å². The fourth-order valence-electron chi connectivity index (χ4n) is 8.36. The lowest BCUT2D eigenvalue weighted by molar-refractivity contribution is 0.112. The van der Waals surface area contributed by atoms with Gasteiger partial charge in [-0.25, -0.2) is 0 Å². The summed E-state index contributed by atoms with van der Waals surface area (Å²) >= 11 is 3.83. The minimum atomic E-state index is 0.136. The molecular formula is C52H47NOS2. The van der Waals surface area contributed by atoms with Gasteiger partial charge in [-0.05, 0) is 114 Å². The van der Waals surface area contributed by atoms with E-state index >= 15 is 0 Å². The van der Waals surface area contributed by atoms with Gasteiger partial charge in [0.15, 0.2) is 0 Å². The van der Waals surface area contributed by atoms with Crippen molar-refractivity contribution in [1.82, 2.24) is 4.90 Å². The van der Waals surface area contributed by atoms with Crippen LogP contribution in [0, 0.1) is 13.8 Å². The lowest BCUT2D eigenvalue weighted by Crippen LogP contribution is -2.25. The van der Waals surface area contributed by atoms with Gasteiger partial charge in [-0.15, -0.1) is 22.7 Å². The number of aryl methyl sites for hydroxylation is 2. The van der Waals surface area contributed by atoms with Crippen LogP contribution in [0.4, 0.5) is 0 Å². The van der Waals surface area contributed by atoms with Gasteiger partial charge in [-0.3, -0.25) is 9.69 Å². The Hall–Kier alpha value is -5.39. The third-order valence-electron chi connectivity index (χ3n) is 11.2. The van der Waals surface area contributed by atoms with Crippen molar-refractivity contribution in [3.63, 3.8) is 0 Å². The Morgan fingerprint density at radius 2 is 1.11 bits per heavy atom. The smallest absolute Gasteiger partial charge is 0.150 e. The highest BCUT2D eigenvalue weighted by Gasteiger charge is 2.26. The van der Waals surface area contributed by atoms with E-state index in [0.29, 0.717) is 5.56 Å². The monoisotopic (exact) mass is 765 g/mol. The zero-order chi connectivity index (χ0) is 38.6. The van der Waals surface area contributed by atoms with Gasteiger partial charge in [0.05, 0.1) is 6.04 Å². The van der Waals surface area contributed by atoms with Crippen molar-refractivity contribution in [2.75, 3.05) is 13.6 Å². The zero-order valence-corrected chi connectivity index (χ0v) is 34.2. The third kappa shape index (κ3) is 7.57. The standard InChI is InChI=1S/C52H47NOS2/c1-5-53(4)52(40-16-13-11-9-7-6-8-10-12-14-17-40)41-26-24-39(25-27-41)43-29-31-47-49(33-43)56-36(3)51(47)45-19-15-18-44(45)50-35(2)55-48-32-42(28-30-46(48)50)38-22-20-37(34-54)21-23-38/h6-14,16-17,20-34,52H,5,15,18-19H2,1-4H3/b7-6-,8-6?,9-7?,10-8-,11-9-,12-10?,13-11?,14-12-,16-13-,17-14?,40-16?,40-17+. The summed E-state index contributed by atoms with van der Waals surface area (Å²) in [6.45, 7) is 7.77. The first-order chi connectivity index (χ1) is 27.4. The van der Waals surface area contributed by atoms with Gasteiger partial charge >= 0.3 is 0 Å². The first kappa shape index (κ1) is 37.5. The van der Waals surface area contributed by atoms with Gasteiger partial charge in [0.2, 0.25) is 0 Å². The molecule has 2 aliphatic carbocycles. The summed E-state index contributed by atoms with van der Waals surface area (Å²) < 4.78 is 2.67. The van der Waals surface area contributed by atoms with Gasteiger partial charge < -0.3 is 0 Å². The van der Waals surface area contributed by atoms with Crippen LogP contribution in [0.15, 0.2) is 157 Å². The summed E-state index contributed by atoms with van der Waals surface area (Å²) in [4.78, 5) is 16.4. The molecule has 0 amide bonds. The van der Waals surface area contributed by atoms with Gasteiger partial charge in [0, 0.05) is 35.5 Å². The maximum atomic E-state index is 11.2. The predicted octanol–water partition coefficient (Wildman–Crippen LogP) is 14.7. The van der Waals surface area contributed by atoms with E-state index in [1.165, 1.54) is 86.4 Å². The quantitative estimate of drug-likeness (QED) is 0.137. The number of thiophene rings is 2. The number of likely N-dealkylation sites (N-methyl/N-ethyl adjacent to an activating group) is 1. The summed E-state index contributed by atoms with van der Waals surface area (Å²) in [6, 6.07) is 31.2. The summed E-state index contributed by atoms with van der Waals surface area (Å²) in [5, 5.41) is 2.73. The van der Waals surface area contributed by atoms with Crippen molar-refractivity contribution >= 4 is 60.3 Å². The van der Waals surface area contributed by atoms with Crippen molar-refractivity contribution < 1.29 is 4.79 Å². The predicted molar refractivity (Wildman–Crippen MR) is 245 cm³/mol. The van der Waals surface area contributed by atoms with Crippen LogP contribution in [-0.2, 0) is 0 Å². The number of allylic oxidation sites excluding steroid dienone is 12. The molecule has 1 unspecified atom stereocenters. The molecule has 2 aromatic heterocycles.